The first-order chi connectivity index (χ1) is 7.93. The molecule has 3 heteroatoms. The summed E-state index contributed by atoms with van der Waals surface area (Å²) < 4.78 is 0. The quantitative estimate of drug-likeness (QED) is 0.824. The zero-order chi connectivity index (χ0) is 12.9. The Morgan fingerprint density at radius 2 is 2.06 bits per heavy atom. The number of aryl methyl sites for hydroxylation is 1. The van der Waals surface area contributed by atoms with Crippen LogP contribution in [0, 0.1) is 12.3 Å². The number of hydrogen-bond acceptors (Lipinski definition) is 3. The first-order valence-electron chi connectivity index (χ1n) is 6.18. The summed E-state index contributed by atoms with van der Waals surface area (Å²) in [5.74, 6) is 0. The highest BCUT2D eigenvalue weighted by molar-refractivity contribution is 5.16. The van der Waals surface area contributed by atoms with Crippen molar-refractivity contribution in [3.05, 3.63) is 29.6 Å². The Kier molecular flexibility index (Phi) is 5.09. The SMILES string of the molecule is Cc1cncc(CNC(CCO)C(C)(C)C)c1. The average molecular weight is 236 g/mol. The van der Waals surface area contributed by atoms with Crippen LogP contribution in [0.25, 0.3) is 0 Å². The van der Waals surface area contributed by atoms with Crippen molar-refractivity contribution < 1.29 is 5.11 Å². The molecule has 1 aromatic heterocycles. The standard InChI is InChI=1S/C14H24N2O/c1-11-7-12(9-15-8-11)10-16-13(5-6-17)14(2,3)4/h7-9,13,16-17H,5-6,10H2,1-4H3. The van der Waals surface area contributed by atoms with E-state index in [1.54, 1.807) is 0 Å². The summed E-state index contributed by atoms with van der Waals surface area (Å²) in [5, 5.41) is 12.6. The molecule has 1 aromatic rings. The largest absolute Gasteiger partial charge is 0.396 e. The fourth-order valence-corrected chi connectivity index (χ4v) is 1.93. The van der Waals surface area contributed by atoms with Gasteiger partial charge in [0, 0.05) is 31.6 Å². The Morgan fingerprint density at radius 1 is 1.35 bits per heavy atom. The van der Waals surface area contributed by atoms with E-state index >= 15 is 0 Å². The van der Waals surface area contributed by atoms with Gasteiger partial charge in [0.1, 0.15) is 0 Å². The molecular weight excluding hydrogens is 212 g/mol. The number of rotatable bonds is 5. The van der Waals surface area contributed by atoms with E-state index in [1.165, 1.54) is 11.1 Å². The summed E-state index contributed by atoms with van der Waals surface area (Å²) in [6.45, 7) is 9.64. The summed E-state index contributed by atoms with van der Waals surface area (Å²) in [5.41, 5.74) is 2.52. The van der Waals surface area contributed by atoms with Crippen molar-refractivity contribution in [1.82, 2.24) is 10.3 Å². The summed E-state index contributed by atoms with van der Waals surface area (Å²) in [4.78, 5) is 4.18. The Hall–Kier alpha value is -0.930. The van der Waals surface area contributed by atoms with Crippen LogP contribution < -0.4 is 5.32 Å². The van der Waals surface area contributed by atoms with E-state index in [0.29, 0.717) is 6.04 Å². The van der Waals surface area contributed by atoms with Gasteiger partial charge in [-0.05, 0) is 29.9 Å². The number of hydrogen-bond donors (Lipinski definition) is 2. The van der Waals surface area contributed by atoms with Crippen molar-refractivity contribution >= 4 is 0 Å². The van der Waals surface area contributed by atoms with Crippen molar-refractivity contribution in [2.45, 2.75) is 46.7 Å². The third-order valence-electron chi connectivity index (χ3n) is 2.95. The molecule has 0 spiro atoms. The molecule has 0 amide bonds. The van der Waals surface area contributed by atoms with Crippen LogP contribution in [0.5, 0.6) is 0 Å². The molecule has 0 bridgehead atoms. The maximum absolute atomic E-state index is 9.09. The zero-order valence-corrected chi connectivity index (χ0v) is 11.3. The zero-order valence-electron chi connectivity index (χ0n) is 11.3. The number of aliphatic hydroxyl groups excluding tert-OH is 1. The van der Waals surface area contributed by atoms with Crippen LogP contribution in [-0.4, -0.2) is 22.7 Å². The van der Waals surface area contributed by atoms with Crippen LogP contribution in [0.3, 0.4) is 0 Å². The van der Waals surface area contributed by atoms with Gasteiger partial charge in [0.15, 0.2) is 0 Å². The van der Waals surface area contributed by atoms with Crippen molar-refractivity contribution in [3.8, 4) is 0 Å². The molecule has 1 atom stereocenters. The minimum absolute atomic E-state index is 0.153. The van der Waals surface area contributed by atoms with E-state index in [2.05, 4.69) is 37.1 Å². The highest BCUT2D eigenvalue weighted by atomic mass is 16.3. The van der Waals surface area contributed by atoms with Gasteiger partial charge in [0.25, 0.3) is 0 Å². The van der Waals surface area contributed by atoms with Gasteiger partial charge in [-0.2, -0.15) is 0 Å². The van der Waals surface area contributed by atoms with E-state index in [0.717, 1.165) is 13.0 Å². The van der Waals surface area contributed by atoms with E-state index in [-0.39, 0.29) is 12.0 Å². The van der Waals surface area contributed by atoms with Gasteiger partial charge in [0.05, 0.1) is 0 Å². The lowest BCUT2D eigenvalue weighted by molar-refractivity contribution is 0.196. The molecule has 96 valence electrons. The van der Waals surface area contributed by atoms with Crippen LogP contribution in [-0.2, 0) is 6.54 Å². The maximum Gasteiger partial charge on any atom is 0.0446 e. The molecule has 0 aliphatic carbocycles. The minimum Gasteiger partial charge on any atom is -0.396 e. The lowest BCUT2D eigenvalue weighted by Crippen LogP contribution is -2.40. The van der Waals surface area contributed by atoms with Gasteiger partial charge >= 0.3 is 0 Å². The normalized spacial score (nSPS) is 13.7. The number of nitrogens with one attached hydrogen (secondary N) is 1. The molecule has 0 radical (unpaired) electrons. The summed E-state index contributed by atoms with van der Waals surface area (Å²) in [6.07, 6.45) is 4.53. The lowest BCUT2D eigenvalue weighted by Gasteiger charge is -2.31. The van der Waals surface area contributed by atoms with Crippen LogP contribution in [0.2, 0.25) is 0 Å². The third kappa shape index (κ3) is 4.84. The Balaban J connectivity index is 2.58. The van der Waals surface area contributed by atoms with Gasteiger partial charge in [0.2, 0.25) is 0 Å². The van der Waals surface area contributed by atoms with Gasteiger partial charge in [-0.25, -0.2) is 0 Å². The second-order valence-electron chi connectivity index (χ2n) is 5.68. The van der Waals surface area contributed by atoms with E-state index in [4.69, 9.17) is 5.11 Å². The predicted octanol–water partition coefficient (Wildman–Crippen LogP) is 2.28. The summed E-state index contributed by atoms with van der Waals surface area (Å²) in [7, 11) is 0. The number of nitrogens with zero attached hydrogens (tertiary/aromatic N) is 1. The van der Waals surface area contributed by atoms with Crippen LogP contribution >= 0.6 is 0 Å². The molecule has 0 saturated carbocycles. The molecule has 1 unspecified atom stereocenters. The maximum atomic E-state index is 9.09. The van der Waals surface area contributed by atoms with Crippen LogP contribution in [0.15, 0.2) is 18.5 Å². The Bertz CT molecular complexity index is 344. The second kappa shape index (κ2) is 6.12. The molecule has 2 N–H and O–H groups in total. The van der Waals surface area contributed by atoms with Crippen molar-refractivity contribution in [2.75, 3.05) is 6.61 Å². The molecule has 0 fully saturated rings. The molecular formula is C14H24N2O. The van der Waals surface area contributed by atoms with Crippen molar-refractivity contribution in [3.63, 3.8) is 0 Å². The molecule has 1 rings (SSSR count). The smallest absolute Gasteiger partial charge is 0.0446 e. The molecule has 0 aliphatic rings. The Labute approximate surface area is 104 Å². The molecule has 17 heavy (non-hydrogen) atoms. The fourth-order valence-electron chi connectivity index (χ4n) is 1.93. The van der Waals surface area contributed by atoms with Gasteiger partial charge in [-0.15, -0.1) is 0 Å². The van der Waals surface area contributed by atoms with Crippen LogP contribution in [0.1, 0.15) is 38.3 Å². The lowest BCUT2D eigenvalue weighted by atomic mass is 9.85. The molecule has 3 nitrogen and oxygen atoms in total. The monoisotopic (exact) mass is 236 g/mol. The highest BCUT2D eigenvalue weighted by Crippen LogP contribution is 2.22. The number of aliphatic hydroxyl groups is 1. The van der Waals surface area contributed by atoms with Gasteiger partial charge < -0.3 is 10.4 Å². The van der Waals surface area contributed by atoms with Gasteiger partial charge in [-0.1, -0.05) is 26.8 Å². The van der Waals surface area contributed by atoms with E-state index in [1.807, 2.05) is 19.3 Å². The summed E-state index contributed by atoms with van der Waals surface area (Å²) >= 11 is 0. The highest BCUT2D eigenvalue weighted by Gasteiger charge is 2.23. The molecule has 0 aliphatic heterocycles. The van der Waals surface area contributed by atoms with E-state index in [9.17, 15) is 0 Å². The molecule has 0 aromatic carbocycles. The first kappa shape index (κ1) is 14.1. The van der Waals surface area contributed by atoms with E-state index < -0.39 is 0 Å². The number of pyridine rings is 1. The summed E-state index contributed by atoms with van der Waals surface area (Å²) in [6, 6.07) is 2.45. The van der Waals surface area contributed by atoms with Crippen molar-refractivity contribution in [2.24, 2.45) is 5.41 Å². The fraction of sp³-hybridized carbons (Fsp3) is 0.643. The molecule has 0 saturated heterocycles. The first-order valence-corrected chi connectivity index (χ1v) is 6.18. The predicted molar refractivity (Wildman–Crippen MR) is 70.8 cm³/mol. The number of aromatic nitrogens is 1. The van der Waals surface area contributed by atoms with Crippen molar-refractivity contribution in [1.29, 1.82) is 0 Å². The molecule has 1 heterocycles. The third-order valence-corrected chi connectivity index (χ3v) is 2.95. The van der Waals surface area contributed by atoms with Crippen LogP contribution in [0.4, 0.5) is 0 Å². The van der Waals surface area contributed by atoms with Gasteiger partial charge in [-0.3, -0.25) is 4.98 Å². The average Bonchev–Trinajstić information content (AvgIpc) is 2.22. The Morgan fingerprint density at radius 3 is 2.59 bits per heavy atom. The second-order valence-corrected chi connectivity index (χ2v) is 5.68. The minimum atomic E-state index is 0.153. The topological polar surface area (TPSA) is 45.2 Å².